The molecule has 0 spiro atoms. The standard InChI is InChI=1S/C8H6ClFN2O/c9-7(13)5-2-1-4(8(11)12)3-6(5)10/h1-3H,(H3,11,12). The fourth-order valence-electron chi connectivity index (χ4n) is 0.842. The Hall–Kier alpha value is -1.42. The highest BCUT2D eigenvalue weighted by molar-refractivity contribution is 6.67. The topological polar surface area (TPSA) is 66.9 Å². The second-order valence-electron chi connectivity index (χ2n) is 2.38. The van der Waals surface area contributed by atoms with Gasteiger partial charge < -0.3 is 5.73 Å². The van der Waals surface area contributed by atoms with Crippen molar-refractivity contribution in [1.29, 1.82) is 5.41 Å². The molecule has 0 unspecified atom stereocenters. The molecule has 0 fully saturated rings. The zero-order chi connectivity index (χ0) is 10.0. The van der Waals surface area contributed by atoms with Gasteiger partial charge in [0.05, 0.1) is 5.56 Å². The van der Waals surface area contributed by atoms with Crippen LogP contribution in [0.1, 0.15) is 15.9 Å². The molecule has 13 heavy (non-hydrogen) atoms. The van der Waals surface area contributed by atoms with E-state index in [1.807, 2.05) is 0 Å². The Morgan fingerprint density at radius 2 is 2.15 bits per heavy atom. The van der Waals surface area contributed by atoms with Crippen LogP contribution in [-0.2, 0) is 0 Å². The Bertz CT molecular complexity index is 378. The number of benzene rings is 1. The average Bonchev–Trinajstić information content (AvgIpc) is 2.03. The van der Waals surface area contributed by atoms with Crippen molar-refractivity contribution >= 4 is 22.7 Å². The summed E-state index contributed by atoms with van der Waals surface area (Å²) in [5.74, 6) is -1.03. The quantitative estimate of drug-likeness (QED) is 0.432. The summed E-state index contributed by atoms with van der Waals surface area (Å²) in [5.41, 5.74) is 5.11. The number of hydrogen-bond acceptors (Lipinski definition) is 2. The number of halogens is 2. The van der Waals surface area contributed by atoms with E-state index in [0.29, 0.717) is 0 Å². The van der Waals surface area contributed by atoms with Gasteiger partial charge in [-0.05, 0) is 23.7 Å². The normalized spacial score (nSPS) is 9.69. The first-order valence-electron chi connectivity index (χ1n) is 3.36. The molecule has 0 aliphatic rings. The second-order valence-corrected chi connectivity index (χ2v) is 2.73. The highest BCUT2D eigenvalue weighted by Crippen LogP contribution is 2.12. The third-order valence-electron chi connectivity index (χ3n) is 1.49. The highest BCUT2D eigenvalue weighted by Gasteiger charge is 2.09. The van der Waals surface area contributed by atoms with Crippen LogP contribution >= 0.6 is 11.6 Å². The minimum atomic E-state index is -0.868. The predicted octanol–water partition coefficient (Wildman–Crippen LogP) is 1.49. The number of carbonyl (C=O) groups excluding carboxylic acids is 1. The number of amidine groups is 1. The molecule has 0 bridgehead atoms. The van der Waals surface area contributed by atoms with Crippen LogP contribution in [0.25, 0.3) is 0 Å². The lowest BCUT2D eigenvalue weighted by Crippen LogP contribution is -2.11. The van der Waals surface area contributed by atoms with E-state index in [-0.39, 0.29) is 17.0 Å². The van der Waals surface area contributed by atoms with Crippen LogP contribution in [0.4, 0.5) is 4.39 Å². The molecule has 1 rings (SSSR count). The summed E-state index contributed by atoms with van der Waals surface area (Å²) in [6.45, 7) is 0. The van der Waals surface area contributed by atoms with Gasteiger partial charge in [-0.1, -0.05) is 6.07 Å². The first kappa shape index (κ1) is 9.67. The van der Waals surface area contributed by atoms with Crippen LogP contribution < -0.4 is 5.73 Å². The molecule has 0 atom stereocenters. The SMILES string of the molecule is N=C(N)c1ccc(C(=O)Cl)c(F)c1. The number of nitrogen functional groups attached to an aromatic ring is 1. The third-order valence-corrected chi connectivity index (χ3v) is 1.70. The van der Waals surface area contributed by atoms with Crippen molar-refractivity contribution in [3.05, 3.63) is 35.1 Å². The van der Waals surface area contributed by atoms with Crippen molar-refractivity contribution in [2.45, 2.75) is 0 Å². The molecule has 0 aromatic heterocycles. The molecule has 3 nitrogen and oxygen atoms in total. The number of rotatable bonds is 2. The van der Waals surface area contributed by atoms with E-state index in [0.717, 1.165) is 6.07 Å². The highest BCUT2D eigenvalue weighted by atomic mass is 35.5. The number of nitrogens with one attached hydrogen (secondary N) is 1. The Kier molecular flexibility index (Phi) is 2.63. The summed E-state index contributed by atoms with van der Waals surface area (Å²) in [4.78, 5) is 10.6. The fourth-order valence-corrected chi connectivity index (χ4v) is 0.995. The van der Waals surface area contributed by atoms with Crippen molar-refractivity contribution in [3.8, 4) is 0 Å². The maximum absolute atomic E-state index is 13.0. The molecule has 1 aromatic carbocycles. The molecule has 3 N–H and O–H groups in total. The molecule has 0 saturated heterocycles. The van der Waals surface area contributed by atoms with Crippen LogP contribution in [0.15, 0.2) is 18.2 Å². The lowest BCUT2D eigenvalue weighted by Gasteiger charge is -2.00. The van der Waals surface area contributed by atoms with E-state index >= 15 is 0 Å². The summed E-state index contributed by atoms with van der Waals surface area (Å²) in [6.07, 6.45) is 0. The largest absolute Gasteiger partial charge is 0.384 e. The summed E-state index contributed by atoms with van der Waals surface area (Å²) in [5, 5.41) is 6.14. The Labute approximate surface area is 78.8 Å². The summed E-state index contributed by atoms with van der Waals surface area (Å²) >= 11 is 5.08. The lowest BCUT2D eigenvalue weighted by atomic mass is 10.1. The van der Waals surface area contributed by atoms with E-state index in [4.69, 9.17) is 22.7 Å². The maximum atomic E-state index is 13.0. The molecule has 0 saturated carbocycles. The van der Waals surface area contributed by atoms with Crippen LogP contribution in [0, 0.1) is 11.2 Å². The molecule has 0 aliphatic heterocycles. The van der Waals surface area contributed by atoms with E-state index in [1.54, 1.807) is 0 Å². The van der Waals surface area contributed by atoms with Gasteiger partial charge in [0.1, 0.15) is 11.7 Å². The molecule has 5 heteroatoms. The molecule has 1 aromatic rings. The van der Waals surface area contributed by atoms with Gasteiger partial charge in [0.25, 0.3) is 5.24 Å². The molecule has 0 amide bonds. The van der Waals surface area contributed by atoms with Crippen LogP contribution in [0.3, 0.4) is 0 Å². The molecule has 68 valence electrons. The summed E-state index contributed by atoms with van der Waals surface area (Å²) < 4.78 is 13.0. The van der Waals surface area contributed by atoms with Crippen molar-refractivity contribution < 1.29 is 9.18 Å². The van der Waals surface area contributed by atoms with Gasteiger partial charge in [0, 0.05) is 5.56 Å². The minimum absolute atomic E-state index is 0.216. The van der Waals surface area contributed by atoms with Crippen molar-refractivity contribution in [2.24, 2.45) is 5.73 Å². The van der Waals surface area contributed by atoms with Gasteiger partial charge in [-0.15, -0.1) is 0 Å². The van der Waals surface area contributed by atoms with Crippen molar-refractivity contribution in [3.63, 3.8) is 0 Å². The maximum Gasteiger partial charge on any atom is 0.255 e. The Morgan fingerprint density at radius 1 is 1.54 bits per heavy atom. The van der Waals surface area contributed by atoms with Crippen LogP contribution in [-0.4, -0.2) is 11.1 Å². The van der Waals surface area contributed by atoms with E-state index < -0.39 is 11.1 Å². The zero-order valence-electron chi connectivity index (χ0n) is 6.47. The van der Waals surface area contributed by atoms with E-state index in [1.165, 1.54) is 12.1 Å². The molecule has 0 aliphatic carbocycles. The monoisotopic (exact) mass is 200 g/mol. The van der Waals surface area contributed by atoms with Crippen LogP contribution in [0.5, 0.6) is 0 Å². The van der Waals surface area contributed by atoms with E-state index in [2.05, 4.69) is 0 Å². The number of hydrogen-bond donors (Lipinski definition) is 2. The van der Waals surface area contributed by atoms with Crippen LogP contribution in [0.2, 0.25) is 0 Å². The molecule has 0 radical (unpaired) electrons. The van der Waals surface area contributed by atoms with Crippen molar-refractivity contribution in [1.82, 2.24) is 0 Å². The van der Waals surface area contributed by atoms with Gasteiger partial charge in [0.2, 0.25) is 0 Å². The Morgan fingerprint density at radius 3 is 2.54 bits per heavy atom. The third kappa shape index (κ3) is 2.03. The molecular formula is C8H6ClFN2O. The number of nitrogens with two attached hydrogens (primary N) is 1. The van der Waals surface area contributed by atoms with Gasteiger partial charge >= 0.3 is 0 Å². The van der Waals surface area contributed by atoms with Gasteiger partial charge in [-0.25, -0.2) is 4.39 Å². The number of carbonyl (C=O) groups is 1. The summed E-state index contributed by atoms with van der Waals surface area (Å²) in [6, 6.07) is 3.56. The first-order valence-corrected chi connectivity index (χ1v) is 3.74. The van der Waals surface area contributed by atoms with Crippen molar-refractivity contribution in [2.75, 3.05) is 0 Å². The lowest BCUT2D eigenvalue weighted by molar-refractivity contribution is 0.107. The smallest absolute Gasteiger partial charge is 0.255 e. The van der Waals surface area contributed by atoms with Gasteiger partial charge in [0.15, 0.2) is 0 Å². The summed E-state index contributed by atoms with van der Waals surface area (Å²) in [7, 11) is 0. The zero-order valence-corrected chi connectivity index (χ0v) is 7.23. The van der Waals surface area contributed by atoms with Gasteiger partial charge in [-0.3, -0.25) is 10.2 Å². The average molecular weight is 201 g/mol. The first-order chi connectivity index (χ1) is 6.02. The van der Waals surface area contributed by atoms with E-state index in [9.17, 15) is 9.18 Å². The van der Waals surface area contributed by atoms with Gasteiger partial charge in [-0.2, -0.15) is 0 Å². The minimum Gasteiger partial charge on any atom is -0.384 e. The molecular weight excluding hydrogens is 195 g/mol. The predicted molar refractivity (Wildman–Crippen MR) is 47.6 cm³/mol. The second kappa shape index (κ2) is 3.53. The Balaban J connectivity index is 3.20. The molecule has 0 heterocycles. The fraction of sp³-hybridized carbons (Fsp3) is 0.